The van der Waals surface area contributed by atoms with Crippen LogP contribution in [0, 0.1) is 0 Å². The zero-order chi connectivity index (χ0) is 23.5. The SMILES string of the molecule is CC/C=C1\C(CC)=C(N/C(C)=C/C(CO)OC)c2c(cc3ccccc3c2CC)C1(C)C. The summed E-state index contributed by atoms with van der Waals surface area (Å²) in [6.07, 6.45) is 6.97. The average Bonchev–Trinajstić information content (AvgIpc) is 2.79. The predicted molar refractivity (Wildman–Crippen MR) is 137 cm³/mol. The molecule has 0 amide bonds. The number of aryl methyl sites for hydroxylation is 1. The number of benzene rings is 2. The molecule has 2 N–H and O–H groups in total. The summed E-state index contributed by atoms with van der Waals surface area (Å²) < 4.78 is 5.38. The van der Waals surface area contributed by atoms with Crippen LogP contribution >= 0.6 is 0 Å². The van der Waals surface area contributed by atoms with Crippen LogP contribution < -0.4 is 5.32 Å². The van der Waals surface area contributed by atoms with E-state index < -0.39 is 0 Å². The molecule has 1 atom stereocenters. The molecule has 32 heavy (non-hydrogen) atoms. The van der Waals surface area contributed by atoms with Crippen molar-refractivity contribution in [3.63, 3.8) is 0 Å². The molecule has 0 heterocycles. The Labute approximate surface area is 193 Å². The number of allylic oxidation sites excluding steroid dienone is 4. The lowest BCUT2D eigenvalue weighted by Gasteiger charge is -2.40. The average molecular weight is 434 g/mol. The smallest absolute Gasteiger partial charge is 0.100 e. The molecular formula is C29H39NO2. The fourth-order valence-electron chi connectivity index (χ4n) is 5.18. The maximum absolute atomic E-state index is 9.60. The summed E-state index contributed by atoms with van der Waals surface area (Å²) in [5, 5.41) is 16.0. The summed E-state index contributed by atoms with van der Waals surface area (Å²) in [6, 6.07) is 11.1. The van der Waals surface area contributed by atoms with Gasteiger partial charge in [0.05, 0.1) is 6.61 Å². The number of aliphatic hydroxyl groups excluding tert-OH is 1. The topological polar surface area (TPSA) is 41.5 Å². The van der Waals surface area contributed by atoms with Crippen molar-refractivity contribution in [3.8, 4) is 0 Å². The highest BCUT2D eigenvalue weighted by Gasteiger charge is 2.38. The van der Waals surface area contributed by atoms with Crippen LogP contribution in [-0.2, 0) is 16.6 Å². The maximum atomic E-state index is 9.60. The Morgan fingerprint density at radius 3 is 2.47 bits per heavy atom. The first-order chi connectivity index (χ1) is 15.3. The largest absolute Gasteiger partial charge is 0.393 e. The highest BCUT2D eigenvalue weighted by molar-refractivity contribution is 5.95. The van der Waals surface area contributed by atoms with Gasteiger partial charge >= 0.3 is 0 Å². The lowest BCUT2D eigenvalue weighted by atomic mass is 9.65. The van der Waals surface area contributed by atoms with Crippen molar-refractivity contribution in [2.75, 3.05) is 13.7 Å². The lowest BCUT2D eigenvalue weighted by Crippen LogP contribution is -2.32. The Morgan fingerprint density at radius 2 is 1.88 bits per heavy atom. The molecule has 0 bridgehead atoms. The number of aliphatic hydroxyl groups is 1. The second kappa shape index (κ2) is 10.1. The van der Waals surface area contributed by atoms with Gasteiger partial charge in [0.1, 0.15) is 6.10 Å². The molecule has 0 fully saturated rings. The number of ether oxygens (including phenoxy) is 1. The first-order valence-corrected chi connectivity index (χ1v) is 11.9. The van der Waals surface area contributed by atoms with E-state index in [1.54, 1.807) is 7.11 Å². The molecule has 3 rings (SSSR count). The van der Waals surface area contributed by atoms with Crippen LogP contribution in [0.15, 0.2) is 59.3 Å². The summed E-state index contributed by atoms with van der Waals surface area (Å²) in [5.41, 5.74) is 9.02. The summed E-state index contributed by atoms with van der Waals surface area (Å²) in [4.78, 5) is 0. The van der Waals surface area contributed by atoms with Crippen LogP contribution in [0.2, 0.25) is 0 Å². The third kappa shape index (κ3) is 4.29. The molecule has 1 unspecified atom stereocenters. The first-order valence-electron chi connectivity index (χ1n) is 11.9. The zero-order valence-corrected chi connectivity index (χ0v) is 20.8. The summed E-state index contributed by atoms with van der Waals surface area (Å²) >= 11 is 0. The predicted octanol–water partition coefficient (Wildman–Crippen LogP) is 6.65. The van der Waals surface area contributed by atoms with Crippen molar-refractivity contribution in [1.29, 1.82) is 0 Å². The van der Waals surface area contributed by atoms with Gasteiger partial charge < -0.3 is 15.2 Å². The third-order valence-electron chi connectivity index (χ3n) is 6.74. The van der Waals surface area contributed by atoms with E-state index in [0.29, 0.717) is 0 Å². The summed E-state index contributed by atoms with van der Waals surface area (Å²) in [7, 11) is 1.63. The molecule has 0 aromatic heterocycles. The Bertz CT molecular complexity index is 1070. The fourth-order valence-corrected chi connectivity index (χ4v) is 5.18. The molecule has 1 aliphatic rings. The molecule has 0 aliphatic heterocycles. The summed E-state index contributed by atoms with van der Waals surface area (Å²) in [6.45, 7) is 13.5. The van der Waals surface area contributed by atoms with Crippen LogP contribution in [0.4, 0.5) is 0 Å². The first kappa shape index (κ1) is 24.3. The van der Waals surface area contributed by atoms with Crippen LogP contribution in [0.3, 0.4) is 0 Å². The number of nitrogens with one attached hydrogen (secondary N) is 1. The fraction of sp³-hybridized carbons (Fsp3) is 0.448. The third-order valence-corrected chi connectivity index (χ3v) is 6.74. The lowest BCUT2D eigenvalue weighted by molar-refractivity contribution is 0.0812. The molecule has 3 nitrogen and oxygen atoms in total. The monoisotopic (exact) mass is 433 g/mol. The molecule has 2 aromatic carbocycles. The Morgan fingerprint density at radius 1 is 1.16 bits per heavy atom. The van der Waals surface area contributed by atoms with Crippen LogP contribution in [0.25, 0.3) is 16.5 Å². The van der Waals surface area contributed by atoms with Gasteiger partial charge in [0.15, 0.2) is 0 Å². The normalized spacial score (nSPS) is 18.2. The standard InChI is InChI=1S/C29H39NO2/c1-8-13-25-23(10-3)28(30-19(4)16-21(18-31)32-7)27-22(9-2)24-15-12-11-14-20(24)17-26(27)29(25,5)6/h11-17,21,30-31H,8-10,18H2,1-7H3/b19-16+,25-13+. The summed E-state index contributed by atoms with van der Waals surface area (Å²) in [5.74, 6) is 0. The van der Waals surface area contributed by atoms with E-state index in [0.717, 1.165) is 25.0 Å². The van der Waals surface area contributed by atoms with E-state index in [4.69, 9.17) is 4.74 Å². The molecule has 0 saturated heterocycles. The minimum atomic E-state index is -0.319. The number of rotatable bonds is 8. The number of methoxy groups -OCH3 is 1. The van der Waals surface area contributed by atoms with E-state index in [1.807, 2.05) is 6.08 Å². The van der Waals surface area contributed by atoms with Gasteiger partial charge in [0.2, 0.25) is 0 Å². The quantitative estimate of drug-likeness (QED) is 0.489. The van der Waals surface area contributed by atoms with E-state index in [1.165, 1.54) is 44.3 Å². The van der Waals surface area contributed by atoms with E-state index in [-0.39, 0.29) is 18.1 Å². The highest BCUT2D eigenvalue weighted by atomic mass is 16.5. The highest BCUT2D eigenvalue weighted by Crippen LogP contribution is 2.49. The van der Waals surface area contributed by atoms with Crippen LogP contribution in [-0.4, -0.2) is 24.9 Å². The van der Waals surface area contributed by atoms with Gasteiger partial charge in [-0.25, -0.2) is 0 Å². The van der Waals surface area contributed by atoms with Crippen molar-refractivity contribution in [2.24, 2.45) is 0 Å². The minimum absolute atomic E-state index is 0.0370. The van der Waals surface area contributed by atoms with Crippen molar-refractivity contribution < 1.29 is 9.84 Å². The molecule has 1 aliphatic carbocycles. The second-order valence-corrected chi connectivity index (χ2v) is 9.14. The Kier molecular flexibility index (Phi) is 7.63. The molecular weight excluding hydrogens is 394 g/mol. The van der Waals surface area contributed by atoms with Crippen molar-refractivity contribution in [2.45, 2.75) is 72.3 Å². The number of hydrogen-bond donors (Lipinski definition) is 2. The number of fused-ring (bicyclic) bond motifs is 2. The van der Waals surface area contributed by atoms with Gasteiger partial charge in [-0.2, -0.15) is 0 Å². The molecule has 0 saturated carbocycles. The number of hydrogen-bond acceptors (Lipinski definition) is 3. The van der Waals surface area contributed by atoms with E-state index >= 15 is 0 Å². The van der Waals surface area contributed by atoms with E-state index in [9.17, 15) is 5.11 Å². The van der Waals surface area contributed by atoms with Gasteiger partial charge in [0, 0.05) is 29.5 Å². The molecule has 2 aromatic rings. The zero-order valence-electron chi connectivity index (χ0n) is 20.8. The second-order valence-electron chi connectivity index (χ2n) is 9.14. The molecule has 3 heteroatoms. The maximum Gasteiger partial charge on any atom is 0.100 e. The van der Waals surface area contributed by atoms with Gasteiger partial charge in [0.25, 0.3) is 0 Å². The van der Waals surface area contributed by atoms with Gasteiger partial charge in [-0.05, 0) is 71.4 Å². The minimum Gasteiger partial charge on any atom is -0.393 e. The Balaban J connectivity index is 2.38. The van der Waals surface area contributed by atoms with E-state index in [2.05, 4.69) is 83.3 Å². The Hall–Kier alpha value is -2.36. The van der Waals surface area contributed by atoms with Gasteiger partial charge in [-0.15, -0.1) is 0 Å². The van der Waals surface area contributed by atoms with Gasteiger partial charge in [-0.1, -0.05) is 65.0 Å². The van der Waals surface area contributed by atoms with Crippen molar-refractivity contribution >= 4 is 16.5 Å². The van der Waals surface area contributed by atoms with Crippen LogP contribution in [0.1, 0.15) is 71.1 Å². The van der Waals surface area contributed by atoms with Crippen LogP contribution in [0.5, 0.6) is 0 Å². The molecule has 172 valence electrons. The molecule has 0 spiro atoms. The van der Waals surface area contributed by atoms with Crippen molar-refractivity contribution in [1.82, 2.24) is 5.32 Å². The van der Waals surface area contributed by atoms with Crippen molar-refractivity contribution in [3.05, 3.63) is 76.0 Å². The van der Waals surface area contributed by atoms with Gasteiger partial charge in [-0.3, -0.25) is 0 Å². The molecule has 0 radical (unpaired) electrons.